The Labute approximate surface area is 139 Å². The number of aryl methyl sites for hydroxylation is 1. The SMILES string of the molecule is Cc1[nH]nc(NC(=O)Cc2ccccc2Cl)c1-c1ccccc1. The molecule has 0 saturated heterocycles. The van der Waals surface area contributed by atoms with Crippen molar-refractivity contribution in [1.82, 2.24) is 10.2 Å². The topological polar surface area (TPSA) is 57.8 Å². The van der Waals surface area contributed by atoms with Gasteiger partial charge in [0.15, 0.2) is 5.82 Å². The smallest absolute Gasteiger partial charge is 0.230 e. The van der Waals surface area contributed by atoms with Crippen LogP contribution in [0.4, 0.5) is 5.82 Å². The van der Waals surface area contributed by atoms with Gasteiger partial charge in [-0.1, -0.05) is 60.1 Å². The fraction of sp³-hybridized carbons (Fsp3) is 0.111. The molecule has 1 aromatic heterocycles. The van der Waals surface area contributed by atoms with Crippen molar-refractivity contribution < 1.29 is 4.79 Å². The molecule has 23 heavy (non-hydrogen) atoms. The van der Waals surface area contributed by atoms with Crippen LogP contribution >= 0.6 is 11.6 Å². The minimum Gasteiger partial charge on any atom is -0.308 e. The van der Waals surface area contributed by atoms with Gasteiger partial charge in [-0.15, -0.1) is 0 Å². The van der Waals surface area contributed by atoms with E-state index in [2.05, 4.69) is 15.5 Å². The third-order valence-corrected chi connectivity index (χ3v) is 3.95. The van der Waals surface area contributed by atoms with E-state index in [1.807, 2.05) is 55.5 Å². The molecule has 1 amide bonds. The van der Waals surface area contributed by atoms with E-state index in [1.54, 1.807) is 6.07 Å². The maximum absolute atomic E-state index is 12.3. The number of hydrogen-bond donors (Lipinski definition) is 2. The Hall–Kier alpha value is -2.59. The summed E-state index contributed by atoms with van der Waals surface area (Å²) in [6.45, 7) is 1.93. The molecule has 3 aromatic rings. The summed E-state index contributed by atoms with van der Waals surface area (Å²) >= 11 is 6.10. The van der Waals surface area contributed by atoms with Crippen LogP contribution in [0.5, 0.6) is 0 Å². The average molecular weight is 326 g/mol. The van der Waals surface area contributed by atoms with Crippen LogP contribution in [-0.4, -0.2) is 16.1 Å². The molecular weight excluding hydrogens is 310 g/mol. The van der Waals surface area contributed by atoms with Gasteiger partial charge in [-0.05, 0) is 24.1 Å². The van der Waals surface area contributed by atoms with E-state index < -0.39 is 0 Å². The zero-order chi connectivity index (χ0) is 16.2. The fourth-order valence-corrected chi connectivity index (χ4v) is 2.67. The Balaban J connectivity index is 1.81. The molecule has 2 N–H and O–H groups in total. The number of aromatic amines is 1. The maximum Gasteiger partial charge on any atom is 0.230 e. The van der Waals surface area contributed by atoms with E-state index in [0.29, 0.717) is 10.8 Å². The fourth-order valence-electron chi connectivity index (χ4n) is 2.47. The first-order valence-electron chi connectivity index (χ1n) is 7.29. The zero-order valence-corrected chi connectivity index (χ0v) is 13.4. The number of rotatable bonds is 4. The second-order valence-electron chi connectivity index (χ2n) is 5.25. The summed E-state index contributed by atoms with van der Waals surface area (Å²) in [7, 11) is 0. The van der Waals surface area contributed by atoms with Crippen molar-refractivity contribution in [2.75, 3.05) is 5.32 Å². The lowest BCUT2D eigenvalue weighted by Crippen LogP contribution is -2.15. The van der Waals surface area contributed by atoms with Gasteiger partial charge in [0.05, 0.1) is 6.42 Å². The Morgan fingerprint density at radius 2 is 1.83 bits per heavy atom. The largest absolute Gasteiger partial charge is 0.308 e. The van der Waals surface area contributed by atoms with Crippen molar-refractivity contribution in [2.45, 2.75) is 13.3 Å². The molecule has 0 spiro atoms. The molecule has 0 saturated carbocycles. The van der Waals surface area contributed by atoms with E-state index in [-0.39, 0.29) is 12.3 Å². The van der Waals surface area contributed by atoms with Crippen LogP contribution in [0.2, 0.25) is 5.02 Å². The second-order valence-corrected chi connectivity index (χ2v) is 5.66. The highest BCUT2D eigenvalue weighted by molar-refractivity contribution is 6.31. The van der Waals surface area contributed by atoms with E-state index in [9.17, 15) is 4.79 Å². The Bertz CT molecular complexity index is 827. The van der Waals surface area contributed by atoms with E-state index in [0.717, 1.165) is 22.4 Å². The number of hydrogen-bond acceptors (Lipinski definition) is 2. The molecule has 0 fully saturated rings. The number of nitrogens with zero attached hydrogens (tertiary/aromatic N) is 1. The second kappa shape index (κ2) is 6.67. The molecule has 116 valence electrons. The highest BCUT2D eigenvalue weighted by atomic mass is 35.5. The number of aromatic nitrogens is 2. The summed E-state index contributed by atoms with van der Waals surface area (Å²) in [6.07, 6.45) is 0.208. The van der Waals surface area contributed by atoms with Gasteiger partial charge < -0.3 is 5.32 Å². The molecule has 3 rings (SSSR count). The molecule has 0 aliphatic rings. The van der Waals surface area contributed by atoms with Gasteiger partial charge in [0, 0.05) is 16.3 Å². The predicted octanol–water partition coefficient (Wildman–Crippen LogP) is 4.22. The molecule has 5 heteroatoms. The highest BCUT2D eigenvalue weighted by Gasteiger charge is 2.15. The molecule has 0 aliphatic carbocycles. The van der Waals surface area contributed by atoms with Crippen LogP contribution in [0.1, 0.15) is 11.3 Å². The van der Waals surface area contributed by atoms with Gasteiger partial charge in [0.1, 0.15) is 0 Å². The van der Waals surface area contributed by atoms with Crippen LogP contribution in [0.25, 0.3) is 11.1 Å². The lowest BCUT2D eigenvalue weighted by Gasteiger charge is -2.07. The minimum absolute atomic E-state index is 0.151. The summed E-state index contributed by atoms with van der Waals surface area (Å²) in [5, 5.41) is 10.6. The Morgan fingerprint density at radius 1 is 1.13 bits per heavy atom. The van der Waals surface area contributed by atoms with Crippen LogP contribution in [0, 0.1) is 6.92 Å². The van der Waals surface area contributed by atoms with Gasteiger partial charge in [-0.3, -0.25) is 9.89 Å². The normalized spacial score (nSPS) is 10.5. The maximum atomic E-state index is 12.3. The summed E-state index contributed by atoms with van der Waals surface area (Å²) < 4.78 is 0. The van der Waals surface area contributed by atoms with Crippen molar-refractivity contribution in [3.05, 3.63) is 70.9 Å². The van der Waals surface area contributed by atoms with Gasteiger partial charge >= 0.3 is 0 Å². The molecular formula is C18H16ClN3O. The number of amides is 1. The molecule has 2 aromatic carbocycles. The number of H-pyrrole nitrogens is 1. The van der Waals surface area contributed by atoms with Crippen LogP contribution in [0.3, 0.4) is 0 Å². The Kier molecular flexibility index (Phi) is 4.44. The molecule has 4 nitrogen and oxygen atoms in total. The van der Waals surface area contributed by atoms with Gasteiger partial charge in [-0.25, -0.2) is 0 Å². The van der Waals surface area contributed by atoms with Gasteiger partial charge in [0.2, 0.25) is 5.91 Å². The first kappa shape index (κ1) is 15.3. The van der Waals surface area contributed by atoms with E-state index in [4.69, 9.17) is 11.6 Å². The number of anilines is 1. The highest BCUT2D eigenvalue weighted by Crippen LogP contribution is 2.29. The van der Waals surface area contributed by atoms with Crippen molar-refractivity contribution >= 4 is 23.3 Å². The molecule has 0 unspecified atom stereocenters. The lowest BCUT2D eigenvalue weighted by atomic mass is 10.1. The summed E-state index contributed by atoms with van der Waals surface area (Å²) in [5.74, 6) is 0.382. The standard InChI is InChI=1S/C18H16ClN3O/c1-12-17(13-7-3-2-4-8-13)18(22-21-12)20-16(23)11-14-9-5-6-10-15(14)19/h2-10H,11H2,1H3,(H2,20,21,22,23). The van der Waals surface area contributed by atoms with E-state index in [1.165, 1.54) is 0 Å². The van der Waals surface area contributed by atoms with Crippen LogP contribution in [0.15, 0.2) is 54.6 Å². The van der Waals surface area contributed by atoms with Crippen LogP contribution in [-0.2, 0) is 11.2 Å². The minimum atomic E-state index is -0.151. The first-order chi connectivity index (χ1) is 11.1. The summed E-state index contributed by atoms with van der Waals surface area (Å²) in [5.41, 5.74) is 3.61. The molecule has 0 bridgehead atoms. The van der Waals surface area contributed by atoms with Crippen molar-refractivity contribution in [2.24, 2.45) is 0 Å². The number of carbonyl (C=O) groups is 1. The summed E-state index contributed by atoms with van der Waals surface area (Å²) in [6, 6.07) is 17.2. The van der Waals surface area contributed by atoms with Crippen molar-refractivity contribution in [3.63, 3.8) is 0 Å². The lowest BCUT2D eigenvalue weighted by molar-refractivity contribution is -0.115. The Morgan fingerprint density at radius 3 is 2.57 bits per heavy atom. The molecule has 0 atom stereocenters. The van der Waals surface area contributed by atoms with Crippen LogP contribution < -0.4 is 5.32 Å². The quantitative estimate of drug-likeness (QED) is 0.754. The average Bonchev–Trinajstić information content (AvgIpc) is 2.91. The van der Waals surface area contributed by atoms with Crippen molar-refractivity contribution in [3.8, 4) is 11.1 Å². The van der Waals surface area contributed by atoms with Crippen molar-refractivity contribution in [1.29, 1.82) is 0 Å². The zero-order valence-electron chi connectivity index (χ0n) is 12.6. The monoisotopic (exact) mass is 325 g/mol. The molecule has 0 radical (unpaired) electrons. The predicted molar refractivity (Wildman–Crippen MR) is 92.5 cm³/mol. The van der Waals surface area contributed by atoms with Gasteiger partial charge in [-0.2, -0.15) is 5.10 Å². The number of carbonyl (C=O) groups excluding carboxylic acids is 1. The van der Waals surface area contributed by atoms with E-state index >= 15 is 0 Å². The summed E-state index contributed by atoms with van der Waals surface area (Å²) in [4.78, 5) is 12.3. The molecule has 1 heterocycles. The molecule has 0 aliphatic heterocycles. The van der Waals surface area contributed by atoms with Gasteiger partial charge in [0.25, 0.3) is 0 Å². The number of halogens is 1. The third kappa shape index (κ3) is 3.43. The number of benzene rings is 2. The first-order valence-corrected chi connectivity index (χ1v) is 7.66. The number of nitrogens with one attached hydrogen (secondary N) is 2. The third-order valence-electron chi connectivity index (χ3n) is 3.58.